The van der Waals surface area contributed by atoms with Gasteiger partial charge in [0.05, 0.1) is 23.6 Å². The molecule has 1 N–H and O–H groups in total. The largest absolute Gasteiger partial charge is 0.469 e. The fourth-order valence-corrected chi connectivity index (χ4v) is 3.09. The number of benzene rings is 1. The molecule has 6 nitrogen and oxygen atoms in total. The molecule has 3 aromatic rings. The van der Waals surface area contributed by atoms with E-state index in [1.165, 1.54) is 17.3 Å². The third-order valence-electron chi connectivity index (χ3n) is 4.09. The van der Waals surface area contributed by atoms with E-state index in [4.69, 9.17) is 8.83 Å². The third-order valence-corrected chi connectivity index (χ3v) is 4.91. The highest BCUT2D eigenvalue weighted by atomic mass is 32.2. The van der Waals surface area contributed by atoms with Gasteiger partial charge in [-0.2, -0.15) is 0 Å². The van der Waals surface area contributed by atoms with Crippen LogP contribution in [-0.2, 0) is 11.2 Å². The molecule has 2 aromatic heterocycles. The molecule has 0 fully saturated rings. The predicted octanol–water partition coefficient (Wildman–Crippen LogP) is 4.17. The van der Waals surface area contributed by atoms with Gasteiger partial charge in [0.1, 0.15) is 5.76 Å². The van der Waals surface area contributed by atoms with Gasteiger partial charge < -0.3 is 14.2 Å². The summed E-state index contributed by atoms with van der Waals surface area (Å²) in [5.74, 6) is 1.24. The van der Waals surface area contributed by atoms with E-state index in [1.54, 1.807) is 12.3 Å². The monoisotopic (exact) mass is 371 g/mol. The van der Waals surface area contributed by atoms with E-state index in [0.29, 0.717) is 16.9 Å². The van der Waals surface area contributed by atoms with Gasteiger partial charge in [-0.1, -0.05) is 43.0 Å². The standard InChI is InChI=1S/C19H21N3O3S/c1-4-14-5-7-15(8-6-14)12(2)20-17(23)11-26-19-22-21-18(25-19)16-9-10-24-13(16)3/h5-10,12H,4,11H2,1-3H3,(H,20,23). The number of nitrogens with zero attached hydrogens (tertiary/aromatic N) is 2. The van der Waals surface area contributed by atoms with Crippen molar-refractivity contribution in [3.8, 4) is 11.5 Å². The summed E-state index contributed by atoms with van der Waals surface area (Å²) in [6.07, 6.45) is 2.58. The molecule has 0 aliphatic rings. The quantitative estimate of drug-likeness (QED) is 0.628. The van der Waals surface area contributed by atoms with Crippen LogP contribution in [0.4, 0.5) is 0 Å². The SMILES string of the molecule is CCc1ccc(C(C)NC(=O)CSc2nnc(-c3ccoc3C)o2)cc1. The van der Waals surface area contributed by atoms with Crippen molar-refractivity contribution in [2.24, 2.45) is 0 Å². The van der Waals surface area contributed by atoms with Crippen molar-refractivity contribution in [1.82, 2.24) is 15.5 Å². The molecule has 0 radical (unpaired) electrons. The van der Waals surface area contributed by atoms with Crippen molar-refractivity contribution in [1.29, 1.82) is 0 Å². The van der Waals surface area contributed by atoms with Crippen LogP contribution in [0.1, 0.15) is 36.8 Å². The smallest absolute Gasteiger partial charge is 0.277 e. The molecule has 7 heteroatoms. The Labute approximate surface area is 156 Å². The van der Waals surface area contributed by atoms with E-state index in [0.717, 1.165) is 17.5 Å². The number of hydrogen-bond donors (Lipinski definition) is 1. The number of amides is 1. The Morgan fingerprint density at radius 1 is 1.23 bits per heavy atom. The van der Waals surface area contributed by atoms with Crippen LogP contribution in [0.2, 0.25) is 0 Å². The van der Waals surface area contributed by atoms with Crippen LogP contribution in [0.3, 0.4) is 0 Å². The predicted molar refractivity (Wildman–Crippen MR) is 99.8 cm³/mol. The minimum absolute atomic E-state index is 0.0548. The molecule has 1 atom stereocenters. The van der Waals surface area contributed by atoms with E-state index >= 15 is 0 Å². The molecular formula is C19H21N3O3S. The van der Waals surface area contributed by atoms with Gasteiger partial charge in [0.25, 0.3) is 11.1 Å². The van der Waals surface area contributed by atoms with E-state index in [9.17, 15) is 4.79 Å². The Balaban J connectivity index is 1.52. The number of nitrogens with one attached hydrogen (secondary N) is 1. The van der Waals surface area contributed by atoms with Gasteiger partial charge in [-0.25, -0.2) is 0 Å². The van der Waals surface area contributed by atoms with Gasteiger partial charge in [0.2, 0.25) is 5.91 Å². The second kappa shape index (κ2) is 8.23. The Morgan fingerprint density at radius 3 is 2.65 bits per heavy atom. The third kappa shape index (κ3) is 4.35. The summed E-state index contributed by atoms with van der Waals surface area (Å²) in [4.78, 5) is 12.2. The fraction of sp³-hybridized carbons (Fsp3) is 0.316. The second-order valence-electron chi connectivity index (χ2n) is 5.94. The van der Waals surface area contributed by atoms with Crippen LogP contribution in [0, 0.1) is 6.92 Å². The number of aromatic nitrogens is 2. The maximum absolute atomic E-state index is 12.2. The van der Waals surface area contributed by atoms with Gasteiger partial charge in [0.15, 0.2) is 0 Å². The summed E-state index contributed by atoms with van der Waals surface area (Å²) < 4.78 is 10.8. The lowest BCUT2D eigenvalue weighted by molar-refractivity contribution is -0.119. The first kappa shape index (κ1) is 18.3. The lowest BCUT2D eigenvalue weighted by Crippen LogP contribution is -2.28. The van der Waals surface area contributed by atoms with Crippen molar-refractivity contribution >= 4 is 17.7 Å². The van der Waals surface area contributed by atoms with Gasteiger partial charge in [-0.3, -0.25) is 4.79 Å². The maximum atomic E-state index is 12.2. The van der Waals surface area contributed by atoms with E-state index in [1.807, 2.05) is 13.8 Å². The Kier molecular flexibility index (Phi) is 5.78. The highest BCUT2D eigenvalue weighted by Crippen LogP contribution is 2.26. The molecule has 136 valence electrons. The molecule has 0 saturated heterocycles. The maximum Gasteiger partial charge on any atom is 0.277 e. The lowest BCUT2D eigenvalue weighted by atomic mass is 10.1. The van der Waals surface area contributed by atoms with Crippen LogP contribution >= 0.6 is 11.8 Å². The van der Waals surface area contributed by atoms with Crippen LogP contribution < -0.4 is 5.32 Å². The topological polar surface area (TPSA) is 81.2 Å². The van der Waals surface area contributed by atoms with Crippen molar-refractivity contribution in [2.45, 2.75) is 38.5 Å². The van der Waals surface area contributed by atoms with Crippen molar-refractivity contribution < 1.29 is 13.6 Å². The van der Waals surface area contributed by atoms with Crippen LogP contribution in [0.15, 0.2) is 50.7 Å². The minimum atomic E-state index is -0.0821. The zero-order valence-corrected chi connectivity index (χ0v) is 15.8. The molecule has 3 rings (SSSR count). The molecule has 0 bridgehead atoms. The highest BCUT2D eigenvalue weighted by Gasteiger charge is 2.15. The van der Waals surface area contributed by atoms with E-state index in [2.05, 4.69) is 46.7 Å². The number of furan rings is 1. The van der Waals surface area contributed by atoms with Gasteiger partial charge in [-0.05, 0) is 37.5 Å². The number of carbonyl (C=O) groups excluding carboxylic acids is 1. The number of hydrogen-bond acceptors (Lipinski definition) is 6. The van der Waals surface area contributed by atoms with Gasteiger partial charge >= 0.3 is 0 Å². The molecule has 1 unspecified atom stereocenters. The summed E-state index contributed by atoms with van der Waals surface area (Å²) in [6, 6.07) is 9.99. The average molecular weight is 371 g/mol. The van der Waals surface area contributed by atoms with Crippen LogP contribution in [0.5, 0.6) is 0 Å². The van der Waals surface area contributed by atoms with Crippen molar-refractivity contribution in [3.05, 3.63) is 53.5 Å². The summed E-state index contributed by atoms with van der Waals surface area (Å²) in [6.45, 7) is 5.92. The number of aryl methyl sites for hydroxylation is 2. The molecule has 0 spiro atoms. The summed E-state index contributed by atoms with van der Waals surface area (Å²) in [7, 11) is 0. The minimum Gasteiger partial charge on any atom is -0.469 e. The number of rotatable bonds is 7. The van der Waals surface area contributed by atoms with Crippen LogP contribution in [-0.4, -0.2) is 21.9 Å². The molecule has 0 saturated carbocycles. The lowest BCUT2D eigenvalue weighted by Gasteiger charge is -2.14. The van der Waals surface area contributed by atoms with E-state index < -0.39 is 0 Å². The Bertz CT molecular complexity index is 870. The second-order valence-corrected chi connectivity index (χ2v) is 6.86. The molecule has 2 heterocycles. The molecule has 1 aromatic carbocycles. The first-order valence-corrected chi connectivity index (χ1v) is 9.44. The van der Waals surface area contributed by atoms with E-state index in [-0.39, 0.29) is 17.7 Å². The molecular weight excluding hydrogens is 350 g/mol. The normalized spacial score (nSPS) is 12.1. The number of carbonyl (C=O) groups is 1. The molecule has 0 aliphatic heterocycles. The molecule has 0 aliphatic carbocycles. The first-order chi connectivity index (χ1) is 12.6. The van der Waals surface area contributed by atoms with Crippen LogP contribution in [0.25, 0.3) is 11.5 Å². The van der Waals surface area contributed by atoms with Gasteiger partial charge in [-0.15, -0.1) is 10.2 Å². The summed E-state index contributed by atoms with van der Waals surface area (Å²) >= 11 is 1.21. The fourth-order valence-electron chi connectivity index (χ4n) is 2.52. The summed E-state index contributed by atoms with van der Waals surface area (Å²) in [5, 5.41) is 11.3. The Morgan fingerprint density at radius 2 is 2.00 bits per heavy atom. The molecule has 1 amide bonds. The Hall–Kier alpha value is -2.54. The zero-order chi connectivity index (χ0) is 18.5. The zero-order valence-electron chi connectivity index (χ0n) is 15.0. The average Bonchev–Trinajstić information content (AvgIpc) is 3.28. The highest BCUT2D eigenvalue weighted by molar-refractivity contribution is 7.99. The number of thioether (sulfide) groups is 1. The van der Waals surface area contributed by atoms with Crippen molar-refractivity contribution in [3.63, 3.8) is 0 Å². The van der Waals surface area contributed by atoms with Gasteiger partial charge in [0, 0.05) is 0 Å². The van der Waals surface area contributed by atoms with Crippen molar-refractivity contribution in [2.75, 3.05) is 5.75 Å². The summed E-state index contributed by atoms with van der Waals surface area (Å²) in [5.41, 5.74) is 3.12. The first-order valence-electron chi connectivity index (χ1n) is 8.45. The molecule has 26 heavy (non-hydrogen) atoms.